The molecule has 1 fully saturated rings. The Hall–Kier alpha value is -0.820. The average Bonchev–Trinajstić information content (AvgIpc) is 2.37. The Kier molecular flexibility index (Phi) is 5.87. The summed E-state index contributed by atoms with van der Waals surface area (Å²) in [6.07, 6.45) is 2.97. The lowest BCUT2D eigenvalue weighted by atomic mass is 9.84. The lowest BCUT2D eigenvalue weighted by molar-refractivity contribution is -0.132. The Labute approximate surface area is 143 Å². The summed E-state index contributed by atoms with van der Waals surface area (Å²) in [5.41, 5.74) is 0.936. The zero-order valence-corrected chi connectivity index (χ0v) is 14.7. The van der Waals surface area contributed by atoms with E-state index in [9.17, 15) is 9.59 Å². The summed E-state index contributed by atoms with van der Waals surface area (Å²) < 4.78 is 0.977. The molecule has 1 aromatic rings. The molecule has 0 radical (unpaired) electrons. The first-order valence-corrected chi connectivity index (χ1v) is 8.45. The third-order valence-electron chi connectivity index (χ3n) is 3.68. The third kappa shape index (κ3) is 4.57. The molecule has 0 aromatic heterocycles. The van der Waals surface area contributed by atoms with Crippen molar-refractivity contribution in [1.29, 1.82) is 0 Å². The molecule has 6 heteroatoms. The van der Waals surface area contributed by atoms with Gasteiger partial charge in [-0.25, -0.2) is 0 Å². The van der Waals surface area contributed by atoms with Crippen LogP contribution in [0.5, 0.6) is 0 Å². The molecule has 1 aliphatic carbocycles. The minimum atomic E-state index is -0.516. The van der Waals surface area contributed by atoms with Crippen LogP contribution in [-0.2, 0) is 16.1 Å². The summed E-state index contributed by atoms with van der Waals surface area (Å²) in [5.74, 6) is -0.103. The molecular formula is C15H18ClIN2O2. The molecule has 0 saturated heterocycles. The fourth-order valence-corrected chi connectivity index (χ4v) is 2.60. The van der Waals surface area contributed by atoms with Crippen LogP contribution in [0.4, 0.5) is 0 Å². The van der Waals surface area contributed by atoms with E-state index in [1.807, 2.05) is 18.2 Å². The van der Waals surface area contributed by atoms with Gasteiger partial charge in [0.05, 0.1) is 5.02 Å². The second kappa shape index (κ2) is 7.45. The highest BCUT2D eigenvalue weighted by molar-refractivity contribution is 14.1. The predicted octanol–water partition coefficient (Wildman–Crippen LogP) is 2.87. The van der Waals surface area contributed by atoms with Gasteiger partial charge < -0.3 is 10.6 Å². The van der Waals surface area contributed by atoms with E-state index in [0.717, 1.165) is 28.4 Å². The van der Waals surface area contributed by atoms with Crippen LogP contribution in [-0.4, -0.2) is 17.9 Å². The summed E-state index contributed by atoms with van der Waals surface area (Å²) in [5, 5.41) is 6.25. The minimum absolute atomic E-state index is 0.0128. The molecule has 1 saturated carbocycles. The van der Waals surface area contributed by atoms with Gasteiger partial charge in [0.2, 0.25) is 11.8 Å². The number of nitrogens with one attached hydrogen (secondary N) is 2. The second-order valence-electron chi connectivity index (χ2n) is 5.32. The summed E-state index contributed by atoms with van der Waals surface area (Å²) >= 11 is 8.20. The Morgan fingerprint density at radius 2 is 2.14 bits per heavy atom. The number of hydrogen-bond donors (Lipinski definition) is 2. The Balaban J connectivity index is 1.80. The third-order valence-corrected chi connectivity index (χ3v) is 5.25. The first-order chi connectivity index (χ1) is 9.97. The van der Waals surface area contributed by atoms with Gasteiger partial charge in [-0.3, -0.25) is 9.59 Å². The van der Waals surface area contributed by atoms with E-state index >= 15 is 0 Å². The highest BCUT2D eigenvalue weighted by Crippen LogP contribution is 2.26. The molecule has 1 aliphatic rings. The van der Waals surface area contributed by atoms with E-state index in [1.165, 1.54) is 0 Å². The van der Waals surface area contributed by atoms with Crippen molar-refractivity contribution in [1.82, 2.24) is 10.6 Å². The maximum Gasteiger partial charge on any atom is 0.242 e. The van der Waals surface area contributed by atoms with Crippen LogP contribution in [0.25, 0.3) is 0 Å². The molecule has 0 heterocycles. The molecule has 0 bridgehead atoms. The summed E-state index contributed by atoms with van der Waals surface area (Å²) in [7, 11) is 0. The molecular weight excluding hydrogens is 403 g/mol. The van der Waals surface area contributed by atoms with Gasteiger partial charge in [0.1, 0.15) is 6.04 Å². The van der Waals surface area contributed by atoms with Gasteiger partial charge >= 0.3 is 0 Å². The van der Waals surface area contributed by atoms with Crippen LogP contribution in [0.3, 0.4) is 0 Å². The van der Waals surface area contributed by atoms with E-state index in [4.69, 9.17) is 11.6 Å². The minimum Gasteiger partial charge on any atom is -0.350 e. The lowest BCUT2D eigenvalue weighted by Crippen LogP contribution is -2.47. The van der Waals surface area contributed by atoms with Crippen molar-refractivity contribution in [2.45, 2.75) is 38.8 Å². The predicted molar refractivity (Wildman–Crippen MR) is 91.0 cm³/mol. The van der Waals surface area contributed by atoms with Crippen molar-refractivity contribution < 1.29 is 9.59 Å². The number of amides is 2. The number of carbonyl (C=O) groups is 2. The molecule has 1 aromatic carbocycles. The van der Waals surface area contributed by atoms with Crippen molar-refractivity contribution in [3.63, 3.8) is 0 Å². The SMILES string of the molecule is C[C@H](NC(=O)C1CCC1)C(=O)NCc1ccc(I)c(Cl)c1. The monoisotopic (exact) mass is 420 g/mol. The number of benzene rings is 1. The fraction of sp³-hybridized carbons (Fsp3) is 0.467. The zero-order chi connectivity index (χ0) is 15.4. The highest BCUT2D eigenvalue weighted by Gasteiger charge is 2.27. The van der Waals surface area contributed by atoms with Gasteiger partial charge in [-0.05, 0) is 60.1 Å². The summed E-state index contributed by atoms with van der Waals surface area (Å²) in [6, 6.07) is 5.15. The van der Waals surface area contributed by atoms with Gasteiger partial charge in [-0.15, -0.1) is 0 Å². The molecule has 2 amide bonds. The molecule has 0 unspecified atom stereocenters. The van der Waals surface area contributed by atoms with Gasteiger partial charge in [0.25, 0.3) is 0 Å². The fourth-order valence-electron chi connectivity index (χ4n) is 2.06. The number of halogens is 2. The average molecular weight is 421 g/mol. The Bertz CT molecular complexity index is 546. The molecule has 2 N–H and O–H groups in total. The Morgan fingerprint density at radius 3 is 2.71 bits per heavy atom. The normalized spacial score (nSPS) is 16.0. The number of rotatable bonds is 5. The van der Waals surface area contributed by atoms with E-state index in [-0.39, 0.29) is 17.7 Å². The topological polar surface area (TPSA) is 58.2 Å². The standard InChI is InChI=1S/C15H18ClIN2O2/c1-9(19-15(21)11-3-2-4-11)14(20)18-8-10-5-6-13(17)12(16)7-10/h5-7,9,11H,2-4,8H2,1H3,(H,18,20)(H,19,21)/t9-/m0/s1. The zero-order valence-electron chi connectivity index (χ0n) is 11.8. The first-order valence-electron chi connectivity index (χ1n) is 6.99. The van der Waals surface area contributed by atoms with E-state index in [2.05, 4.69) is 33.2 Å². The largest absolute Gasteiger partial charge is 0.350 e. The maximum absolute atomic E-state index is 12.0. The first kappa shape index (κ1) is 16.5. The molecule has 0 spiro atoms. The van der Waals surface area contributed by atoms with Crippen LogP contribution in [0, 0.1) is 9.49 Å². The number of carbonyl (C=O) groups excluding carboxylic acids is 2. The molecule has 0 aliphatic heterocycles. The van der Waals surface area contributed by atoms with Crippen LogP contribution in [0.1, 0.15) is 31.7 Å². The van der Waals surface area contributed by atoms with Gasteiger partial charge in [-0.2, -0.15) is 0 Å². The molecule has 114 valence electrons. The van der Waals surface area contributed by atoms with Crippen molar-refractivity contribution in [3.8, 4) is 0 Å². The molecule has 21 heavy (non-hydrogen) atoms. The Morgan fingerprint density at radius 1 is 1.43 bits per heavy atom. The van der Waals surface area contributed by atoms with E-state index in [1.54, 1.807) is 6.92 Å². The van der Waals surface area contributed by atoms with Crippen molar-refractivity contribution in [3.05, 3.63) is 32.4 Å². The van der Waals surface area contributed by atoms with Crippen molar-refractivity contribution in [2.24, 2.45) is 5.92 Å². The second-order valence-corrected chi connectivity index (χ2v) is 6.89. The molecule has 2 rings (SSSR count). The van der Waals surface area contributed by atoms with E-state index in [0.29, 0.717) is 11.6 Å². The van der Waals surface area contributed by atoms with Gasteiger partial charge in [0.15, 0.2) is 0 Å². The van der Waals surface area contributed by atoms with Crippen LogP contribution < -0.4 is 10.6 Å². The van der Waals surface area contributed by atoms with Gasteiger partial charge in [0, 0.05) is 16.0 Å². The molecule has 4 nitrogen and oxygen atoms in total. The summed E-state index contributed by atoms with van der Waals surface area (Å²) in [6.45, 7) is 2.10. The van der Waals surface area contributed by atoms with Crippen LogP contribution in [0.15, 0.2) is 18.2 Å². The smallest absolute Gasteiger partial charge is 0.242 e. The maximum atomic E-state index is 12.0. The van der Waals surface area contributed by atoms with Crippen LogP contribution in [0.2, 0.25) is 5.02 Å². The highest BCUT2D eigenvalue weighted by atomic mass is 127. The molecule has 1 atom stereocenters. The van der Waals surface area contributed by atoms with E-state index < -0.39 is 6.04 Å². The van der Waals surface area contributed by atoms with Crippen LogP contribution >= 0.6 is 34.2 Å². The van der Waals surface area contributed by atoms with Gasteiger partial charge in [-0.1, -0.05) is 24.1 Å². The number of hydrogen-bond acceptors (Lipinski definition) is 2. The quantitative estimate of drug-likeness (QED) is 0.720. The lowest BCUT2D eigenvalue weighted by Gasteiger charge is -2.25. The van der Waals surface area contributed by atoms with Crippen molar-refractivity contribution >= 4 is 46.0 Å². The van der Waals surface area contributed by atoms with Crippen molar-refractivity contribution in [2.75, 3.05) is 0 Å². The summed E-state index contributed by atoms with van der Waals surface area (Å²) in [4.78, 5) is 23.8.